The zero-order chi connectivity index (χ0) is 10.4. The minimum absolute atomic E-state index is 0.106. The smallest absolute Gasteiger partial charge is 0.119 e. The molecule has 0 spiro atoms. The molecule has 14 heavy (non-hydrogen) atoms. The maximum atomic E-state index is 5.53. The molecular formula is C12H14ClO. The Kier molecular flexibility index (Phi) is 4.54. The molecule has 75 valence electrons. The number of alkyl halides is 1. The van der Waals surface area contributed by atoms with E-state index < -0.39 is 0 Å². The Hall–Kier alpha value is -0.950. The fraction of sp³-hybridized carbons (Fsp3) is 0.250. The number of hydrogen-bond donors (Lipinski definition) is 0. The van der Waals surface area contributed by atoms with E-state index in [1.54, 1.807) is 6.08 Å². The van der Waals surface area contributed by atoms with Crippen molar-refractivity contribution < 1.29 is 4.74 Å². The van der Waals surface area contributed by atoms with Crippen molar-refractivity contribution in [1.29, 1.82) is 0 Å². The van der Waals surface area contributed by atoms with Crippen LogP contribution in [0.3, 0.4) is 0 Å². The lowest BCUT2D eigenvalue weighted by Gasteiger charge is -2.09. The quantitative estimate of drug-likeness (QED) is 0.534. The third kappa shape index (κ3) is 3.08. The Balaban J connectivity index is 2.73. The standard InChI is InChI=1S/C12H14ClO/c1-3-10(2)11-5-4-6-12(9-11)14-8-7-13/h3-6,9-10H,1-2,7-8H2. The minimum atomic E-state index is 0.106. The number of benzene rings is 1. The first-order chi connectivity index (χ1) is 6.77. The van der Waals surface area contributed by atoms with Crippen molar-refractivity contribution in [3.8, 4) is 5.75 Å². The van der Waals surface area contributed by atoms with Crippen LogP contribution in [0.2, 0.25) is 0 Å². The van der Waals surface area contributed by atoms with Gasteiger partial charge in [0.15, 0.2) is 0 Å². The molecule has 0 aliphatic heterocycles. The van der Waals surface area contributed by atoms with E-state index in [9.17, 15) is 0 Å². The normalized spacial score (nSPS) is 12.1. The van der Waals surface area contributed by atoms with Gasteiger partial charge in [-0.15, -0.1) is 18.2 Å². The number of ether oxygens (including phenoxy) is 1. The number of hydrogen-bond acceptors (Lipinski definition) is 1. The van der Waals surface area contributed by atoms with Gasteiger partial charge in [-0.25, -0.2) is 0 Å². The average molecular weight is 210 g/mol. The van der Waals surface area contributed by atoms with Gasteiger partial charge in [0.25, 0.3) is 0 Å². The fourth-order valence-corrected chi connectivity index (χ4v) is 1.20. The first-order valence-corrected chi connectivity index (χ1v) is 5.05. The molecule has 0 aromatic heterocycles. The number of halogens is 1. The molecule has 0 amide bonds. The highest BCUT2D eigenvalue weighted by molar-refractivity contribution is 6.17. The molecule has 1 radical (unpaired) electrons. The van der Waals surface area contributed by atoms with Gasteiger partial charge in [-0.05, 0) is 24.6 Å². The number of allylic oxidation sites excluding steroid dienone is 1. The Labute approximate surface area is 90.3 Å². The second-order valence-electron chi connectivity index (χ2n) is 2.95. The summed E-state index contributed by atoms with van der Waals surface area (Å²) in [5.74, 6) is 1.44. The van der Waals surface area contributed by atoms with Gasteiger partial charge in [0.1, 0.15) is 12.4 Å². The Morgan fingerprint density at radius 2 is 2.29 bits per heavy atom. The van der Waals surface area contributed by atoms with E-state index in [1.807, 2.05) is 24.3 Å². The van der Waals surface area contributed by atoms with Crippen molar-refractivity contribution in [3.05, 3.63) is 49.4 Å². The highest BCUT2D eigenvalue weighted by Gasteiger charge is 2.01. The first kappa shape index (κ1) is 11.1. The zero-order valence-electron chi connectivity index (χ0n) is 8.08. The van der Waals surface area contributed by atoms with Gasteiger partial charge >= 0.3 is 0 Å². The molecule has 0 saturated carbocycles. The van der Waals surface area contributed by atoms with Crippen LogP contribution in [0.4, 0.5) is 0 Å². The van der Waals surface area contributed by atoms with Crippen molar-refractivity contribution in [1.82, 2.24) is 0 Å². The van der Waals surface area contributed by atoms with Gasteiger partial charge in [-0.3, -0.25) is 0 Å². The summed E-state index contributed by atoms with van der Waals surface area (Å²) in [6.45, 7) is 8.18. The summed E-state index contributed by atoms with van der Waals surface area (Å²) in [6, 6.07) is 7.82. The molecule has 2 heteroatoms. The van der Waals surface area contributed by atoms with Gasteiger partial charge in [-0.2, -0.15) is 0 Å². The maximum Gasteiger partial charge on any atom is 0.119 e. The SMILES string of the molecule is [CH2]C(C=C)c1cccc(OCCCl)c1. The molecule has 0 bridgehead atoms. The third-order valence-electron chi connectivity index (χ3n) is 1.92. The molecule has 0 saturated heterocycles. The lowest BCUT2D eigenvalue weighted by Crippen LogP contribution is -1.98. The Bertz CT molecular complexity index is 296. The predicted octanol–water partition coefficient (Wildman–Crippen LogP) is 3.41. The molecule has 0 N–H and O–H groups in total. The summed E-state index contributed by atoms with van der Waals surface area (Å²) >= 11 is 5.53. The molecule has 1 unspecified atom stereocenters. The van der Waals surface area contributed by atoms with Crippen LogP contribution in [0.15, 0.2) is 36.9 Å². The Morgan fingerprint density at radius 3 is 2.93 bits per heavy atom. The van der Waals surface area contributed by atoms with Crippen LogP contribution in [0.1, 0.15) is 11.5 Å². The molecule has 0 aliphatic rings. The van der Waals surface area contributed by atoms with Gasteiger partial charge < -0.3 is 4.74 Å². The molecule has 0 aliphatic carbocycles. The minimum Gasteiger partial charge on any atom is -0.492 e. The second kappa shape index (κ2) is 5.71. The maximum absolute atomic E-state index is 5.53. The molecule has 1 aromatic carbocycles. The molecule has 1 atom stereocenters. The van der Waals surface area contributed by atoms with E-state index in [0.717, 1.165) is 11.3 Å². The van der Waals surface area contributed by atoms with E-state index in [1.165, 1.54) is 0 Å². The van der Waals surface area contributed by atoms with E-state index in [0.29, 0.717) is 12.5 Å². The summed E-state index contributed by atoms with van der Waals surface area (Å²) in [6.07, 6.45) is 1.81. The van der Waals surface area contributed by atoms with E-state index in [2.05, 4.69) is 13.5 Å². The zero-order valence-corrected chi connectivity index (χ0v) is 8.83. The van der Waals surface area contributed by atoms with Crippen molar-refractivity contribution in [2.75, 3.05) is 12.5 Å². The average Bonchev–Trinajstić information content (AvgIpc) is 2.25. The van der Waals surface area contributed by atoms with Gasteiger partial charge in [-0.1, -0.05) is 18.2 Å². The monoisotopic (exact) mass is 209 g/mol. The Morgan fingerprint density at radius 1 is 1.50 bits per heavy atom. The van der Waals surface area contributed by atoms with E-state index in [4.69, 9.17) is 16.3 Å². The lowest BCUT2D eigenvalue weighted by molar-refractivity contribution is 0.342. The van der Waals surface area contributed by atoms with Crippen molar-refractivity contribution in [2.45, 2.75) is 5.92 Å². The lowest BCUT2D eigenvalue weighted by atomic mass is 10.0. The van der Waals surface area contributed by atoms with Crippen molar-refractivity contribution >= 4 is 11.6 Å². The molecule has 0 heterocycles. The highest BCUT2D eigenvalue weighted by Crippen LogP contribution is 2.20. The van der Waals surface area contributed by atoms with Crippen molar-refractivity contribution in [3.63, 3.8) is 0 Å². The molecule has 1 nitrogen and oxygen atoms in total. The van der Waals surface area contributed by atoms with Crippen LogP contribution in [0.5, 0.6) is 5.75 Å². The van der Waals surface area contributed by atoms with Crippen LogP contribution >= 0.6 is 11.6 Å². The third-order valence-corrected chi connectivity index (χ3v) is 2.07. The van der Waals surface area contributed by atoms with Crippen LogP contribution < -0.4 is 4.74 Å². The summed E-state index contributed by atoms with van der Waals surface area (Å²) in [7, 11) is 0. The fourth-order valence-electron chi connectivity index (χ4n) is 1.13. The topological polar surface area (TPSA) is 9.23 Å². The highest BCUT2D eigenvalue weighted by atomic mass is 35.5. The van der Waals surface area contributed by atoms with E-state index >= 15 is 0 Å². The molecular weight excluding hydrogens is 196 g/mol. The predicted molar refractivity (Wildman–Crippen MR) is 61.0 cm³/mol. The molecule has 1 aromatic rings. The van der Waals surface area contributed by atoms with Crippen LogP contribution in [0, 0.1) is 6.92 Å². The summed E-state index contributed by atoms with van der Waals surface area (Å²) in [5, 5.41) is 0. The van der Waals surface area contributed by atoms with Gasteiger partial charge in [0.05, 0.1) is 5.88 Å². The van der Waals surface area contributed by atoms with Crippen LogP contribution in [-0.2, 0) is 0 Å². The largest absolute Gasteiger partial charge is 0.492 e. The van der Waals surface area contributed by atoms with E-state index in [-0.39, 0.29) is 5.92 Å². The first-order valence-electron chi connectivity index (χ1n) is 4.52. The number of rotatable bonds is 5. The molecule has 1 rings (SSSR count). The summed E-state index contributed by atoms with van der Waals surface area (Å²) < 4.78 is 5.40. The van der Waals surface area contributed by atoms with Crippen molar-refractivity contribution in [2.24, 2.45) is 0 Å². The van der Waals surface area contributed by atoms with Crippen LogP contribution in [0.25, 0.3) is 0 Å². The van der Waals surface area contributed by atoms with Gasteiger partial charge in [0, 0.05) is 5.92 Å². The molecule has 0 fully saturated rings. The van der Waals surface area contributed by atoms with Gasteiger partial charge in [0.2, 0.25) is 0 Å². The van der Waals surface area contributed by atoms with Crippen LogP contribution in [-0.4, -0.2) is 12.5 Å². The summed E-state index contributed by atoms with van der Waals surface area (Å²) in [4.78, 5) is 0. The summed E-state index contributed by atoms with van der Waals surface area (Å²) in [5.41, 5.74) is 1.10. The second-order valence-corrected chi connectivity index (χ2v) is 3.33.